The highest BCUT2D eigenvalue weighted by atomic mass is 16.3. The van der Waals surface area contributed by atoms with Crippen molar-refractivity contribution in [3.05, 3.63) is 30.0 Å². The zero-order valence-corrected chi connectivity index (χ0v) is 7.25. The molecule has 3 heteroatoms. The van der Waals surface area contributed by atoms with Gasteiger partial charge in [0.15, 0.2) is 0 Å². The Morgan fingerprint density at radius 1 is 1.38 bits per heavy atom. The zero-order chi connectivity index (χ0) is 9.26. The van der Waals surface area contributed by atoms with Crippen LogP contribution in [0.3, 0.4) is 0 Å². The molecule has 0 amide bonds. The van der Waals surface area contributed by atoms with Gasteiger partial charge >= 0.3 is 0 Å². The van der Waals surface area contributed by atoms with E-state index in [4.69, 9.17) is 5.73 Å². The molecule has 2 rings (SSSR count). The van der Waals surface area contributed by atoms with Crippen LogP contribution in [0, 0.1) is 0 Å². The second kappa shape index (κ2) is 3.11. The Hall–Kier alpha value is -1.48. The molecule has 0 radical (unpaired) electrons. The van der Waals surface area contributed by atoms with Crippen molar-refractivity contribution in [2.75, 3.05) is 6.54 Å². The molecule has 3 nitrogen and oxygen atoms in total. The van der Waals surface area contributed by atoms with E-state index in [-0.39, 0.29) is 0 Å². The van der Waals surface area contributed by atoms with Gasteiger partial charge in [-0.3, -0.25) is 0 Å². The Morgan fingerprint density at radius 2 is 2.23 bits per heavy atom. The van der Waals surface area contributed by atoms with Gasteiger partial charge in [0.1, 0.15) is 5.75 Å². The first-order valence-electron chi connectivity index (χ1n) is 4.30. The van der Waals surface area contributed by atoms with Crippen molar-refractivity contribution >= 4 is 10.9 Å². The van der Waals surface area contributed by atoms with Gasteiger partial charge in [0.25, 0.3) is 0 Å². The molecule has 2 aromatic rings. The second-order valence-electron chi connectivity index (χ2n) is 3.08. The van der Waals surface area contributed by atoms with Gasteiger partial charge in [0.2, 0.25) is 0 Å². The molecule has 0 aliphatic heterocycles. The van der Waals surface area contributed by atoms with Gasteiger partial charge in [0.05, 0.1) is 0 Å². The summed E-state index contributed by atoms with van der Waals surface area (Å²) >= 11 is 0. The summed E-state index contributed by atoms with van der Waals surface area (Å²) < 4.78 is 0. The predicted octanol–water partition coefficient (Wildman–Crippen LogP) is 1.37. The number of benzene rings is 1. The molecule has 0 aliphatic rings. The van der Waals surface area contributed by atoms with Crippen molar-refractivity contribution < 1.29 is 5.11 Å². The number of hydrogen-bond acceptors (Lipinski definition) is 2. The molecule has 0 atom stereocenters. The lowest BCUT2D eigenvalue weighted by Crippen LogP contribution is -2.01. The first-order chi connectivity index (χ1) is 6.31. The maximum Gasteiger partial charge on any atom is 0.116 e. The van der Waals surface area contributed by atoms with Crippen LogP contribution in [-0.2, 0) is 6.42 Å². The fourth-order valence-corrected chi connectivity index (χ4v) is 1.53. The van der Waals surface area contributed by atoms with Gasteiger partial charge in [0, 0.05) is 17.1 Å². The van der Waals surface area contributed by atoms with Gasteiger partial charge in [-0.25, -0.2) is 0 Å². The highest BCUT2D eigenvalue weighted by molar-refractivity contribution is 5.84. The third-order valence-electron chi connectivity index (χ3n) is 2.16. The second-order valence-corrected chi connectivity index (χ2v) is 3.08. The zero-order valence-electron chi connectivity index (χ0n) is 7.25. The number of fused-ring (bicyclic) bond motifs is 1. The Morgan fingerprint density at radius 3 is 3.00 bits per heavy atom. The molecule has 0 spiro atoms. The third-order valence-corrected chi connectivity index (χ3v) is 2.16. The number of aromatic hydroxyl groups is 1. The molecule has 1 aromatic carbocycles. The summed E-state index contributed by atoms with van der Waals surface area (Å²) in [5, 5.41) is 10.4. The molecule has 1 heterocycles. The quantitative estimate of drug-likeness (QED) is 0.645. The number of phenols is 1. The smallest absolute Gasteiger partial charge is 0.116 e. The van der Waals surface area contributed by atoms with Crippen LogP contribution in [0.25, 0.3) is 10.9 Å². The monoisotopic (exact) mass is 175 g/mol. The van der Waals surface area contributed by atoms with Gasteiger partial charge in [-0.1, -0.05) is 0 Å². The summed E-state index contributed by atoms with van der Waals surface area (Å²) in [6, 6.07) is 5.30. The van der Waals surface area contributed by atoms with Crippen molar-refractivity contribution in [1.82, 2.24) is 4.98 Å². The molecule has 1 aromatic heterocycles. The normalized spacial score (nSPS) is 10.8. The lowest BCUT2D eigenvalue weighted by molar-refractivity contribution is 0.476. The Kier molecular flexibility index (Phi) is 1.94. The average Bonchev–Trinajstić information content (AvgIpc) is 2.49. The molecule has 0 saturated carbocycles. The van der Waals surface area contributed by atoms with Crippen LogP contribution in [0.5, 0.6) is 5.75 Å². The number of aromatic amines is 1. The number of hydrogen-bond donors (Lipinski definition) is 3. The van der Waals surface area contributed by atoms with Crippen LogP contribution in [0.2, 0.25) is 0 Å². The number of phenolic OH excluding ortho intramolecular Hbond substituents is 1. The molecular weight excluding hydrogens is 163 g/mol. The summed E-state index contributed by atoms with van der Waals surface area (Å²) in [5.41, 5.74) is 7.68. The number of H-pyrrole nitrogens is 1. The Labute approximate surface area is 76.2 Å². The topological polar surface area (TPSA) is 62.0 Å². The van der Waals surface area contributed by atoms with E-state index in [0.29, 0.717) is 12.3 Å². The van der Waals surface area contributed by atoms with E-state index >= 15 is 0 Å². The highest BCUT2D eigenvalue weighted by Crippen LogP contribution is 2.22. The van der Waals surface area contributed by atoms with E-state index in [1.165, 1.54) is 0 Å². The number of nitrogens with two attached hydrogens (primary N) is 1. The van der Waals surface area contributed by atoms with Crippen molar-refractivity contribution in [2.45, 2.75) is 6.42 Å². The van der Waals surface area contributed by atoms with E-state index in [1.54, 1.807) is 12.1 Å². The van der Waals surface area contributed by atoms with E-state index in [1.807, 2.05) is 12.3 Å². The van der Waals surface area contributed by atoms with Gasteiger partial charge in [-0.15, -0.1) is 0 Å². The predicted molar refractivity (Wildman–Crippen MR) is 52.7 cm³/mol. The van der Waals surface area contributed by atoms with E-state index in [9.17, 15) is 5.11 Å². The SMILES string of the molecule is N[11CH2]Cc1c[nH]c2ccc(O)cc12. The van der Waals surface area contributed by atoms with Crippen molar-refractivity contribution in [3.63, 3.8) is 0 Å². The van der Waals surface area contributed by atoms with Gasteiger partial charge < -0.3 is 15.8 Å². The van der Waals surface area contributed by atoms with Gasteiger partial charge in [-0.2, -0.15) is 0 Å². The molecule has 68 valence electrons. The fourth-order valence-electron chi connectivity index (χ4n) is 1.53. The van der Waals surface area contributed by atoms with Crippen LogP contribution in [0.4, 0.5) is 0 Å². The molecule has 0 bridgehead atoms. The first kappa shape index (κ1) is 8.13. The van der Waals surface area contributed by atoms with Gasteiger partial charge in [-0.05, 0) is 36.7 Å². The van der Waals surface area contributed by atoms with Crippen LogP contribution in [-0.4, -0.2) is 16.6 Å². The minimum Gasteiger partial charge on any atom is -0.508 e. The largest absolute Gasteiger partial charge is 0.508 e. The molecule has 4 N–H and O–H groups in total. The molecule has 0 saturated heterocycles. The number of rotatable bonds is 2. The maximum absolute atomic E-state index is 9.30. The summed E-state index contributed by atoms with van der Waals surface area (Å²) in [6.45, 7) is 0.628. The molecule has 0 fully saturated rings. The van der Waals surface area contributed by atoms with Crippen LogP contribution < -0.4 is 5.73 Å². The molecule has 0 unspecified atom stereocenters. The van der Waals surface area contributed by atoms with Crippen LogP contribution in [0.1, 0.15) is 5.56 Å². The molecule has 0 aliphatic carbocycles. The average molecular weight is 175 g/mol. The van der Waals surface area contributed by atoms with E-state index in [2.05, 4.69) is 4.98 Å². The highest BCUT2D eigenvalue weighted by Gasteiger charge is 2.02. The minimum atomic E-state index is 0.297. The molecule has 13 heavy (non-hydrogen) atoms. The Bertz CT molecular complexity index is 420. The first-order valence-corrected chi connectivity index (χ1v) is 4.30. The van der Waals surface area contributed by atoms with Crippen LogP contribution in [0.15, 0.2) is 24.4 Å². The van der Waals surface area contributed by atoms with Crippen molar-refractivity contribution in [1.29, 1.82) is 0 Å². The number of nitrogens with one attached hydrogen (secondary N) is 1. The summed E-state index contributed by atoms with van der Waals surface area (Å²) in [5.74, 6) is 0.297. The summed E-state index contributed by atoms with van der Waals surface area (Å²) in [6.07, 6.45) is 2.78. The van der Waals surface area contributed by atoms with Crippen molar-refractivity contribution in [2.24, 2.45) is 5.73 Å². The summed E-state index contributed by atoms with van der Waals surface area (Å²) in [4.78, 5) is 3.13. The van der Waals surface area contributed by atoms with E-state index in [0.717, 1.165) is 22.9 Å². The van der Waals surface area contributed by atoms with Crippen molar-refractivity contribution in [3.8, 4) is 5.75 Å². The van der Waals surface area contributed by atoms with E-state index < -0.39 is 0 Å². The lowest BCUT2D eigenvalue weighted by atomic mass is 9.95. The minimum absolute atomic E-state index is 0.297. The maximum atomic E-state index is 9.30. The lowest BCUT2D eigenvalue weighted by Gasteiger charge is -1.96. The summed E-state index contributed by atoms with van der Waals surface area (Å²) in [7, 11) is 0. The fraction of sp³-hybridized carbons (Fsp3) is 0.200. The molecular formula is C10H12N2O. The van der Waals surface area contributed by atoms with Crippen LogP contribution >= 0.6 is 0 Å². The standard InChI is InChI=1S/C10H12N2O/c11-4-3-7-6-12-10-2-1-8(13)5-9(7)10/h1-2,5-6,12-13H,3-4,11H2/i4-1. The number of aromatic nitrogens is 1. The third kappa shape index (κ3) is 1.38. The Balaban J connectivity index is 2.58.